The summed E-state index contributed by atoms with van der Waals surface area (Å²) in [4.78, 5) is 22.2. The predicted octanol–water partition coefficient (Wildman–Crippen LogP) is 1.53. The van der Waals surface area contributed by atoms with Gasteiger partial charge in [-0.25, -0.2) is 9.97 Å². The standard InChI is InChI=1S/C14H19F3N4O2/c1-10(23-9-14(15,16)17)12(22)20-11-4-2-7-21(8-11)13-18-5-3-6-19-13/h3,5-6,10-11H,2,4,7-9H2,1H3,(H,20,22)/t10-,11-/m0/s1. The van der Waals surface area contributed by atoms with Crippen molar-refractivity contribution in [1.82, 2.24) is 15.3 Å². The van der Waals surface area contributed by atoms with Crippen LogP contribution in [0.1, 0.15) is 19.8 Å². The first-order chi connectivity index (χ1) is 10.8. The summed E-state index contributed by atoms with van der Waals surface area (Å²) in [7, 11) is 0. The number of alkyl halides is 3. The molecule has 1 saturated heterocycles. The van der Waals surface area contributed by atoms with Gasteiger partial charge in [0.2, 0.25) is 11.9 Å². The van der Waals surface area contributed by atoms with Gasteiger partial charge in [0.25, 0.3) is 0 Å². The number of hydrogen-bond acceptors (Lipinski definition) is 5. The minimum absolute atomic E-state index is 0.169. The molecule has 1 fully saturated rings. The lowest BCUT2D eigenvalue weighted by molar-refractivity contribution is -0.185. The van der Waals surface area contributed by atoms with E-state index in [9.17, 15) is 18.0 Å². The Bertz CT molecular complexity index is 512. The van der Waals surface area contributed by atoms with Gasteiger partial charge in [0.05, 0.1) is 0 Å². The number of hydrogen-bond donors (Lipinski definition) is 1. The lowest BCUT2D eigenvalue weighted by atomic mass is 10.1. The van der Waals surface area contributed by atoms with Crippen molar-refractivity contribution in [3.63, 3.8) is 0 Å². The number of halogens is 3. The first kappa shape index (κ1) is 17.5. The topological polar surface area (TPSA) is 67.3 Å². The van der Waals surface area contributed by atoms with E-state index in [1.54, 1.807) is 18.5 Å². The normalized spacial score (nSPS) is 20.2. The number of amides is 1. The zero-order valence-electron chi connectivity index (χ0n) is 12.7. The summed E-state index contributed by atoms with van der Waals surface area (Å²) in [5.41, 5.74) is 0. The van der Waals surface area contributed by atoms with Crippen LogP contribution in [0.3, 0.4) is 0 Å². The van der Waals surface area contributed by atoms with Crippen LogP contribution in [0.5, 0.6) is 0 Å². The molecule has 0 radical (unpaired) electrons. The second-order valence-electron chi connectivity index (χ2n) is 5.41. The van der Waals surface area contributed by atoms with Gasteiger partial charge < -0.3 is 15.0 Å². The molecule has 0 saturated carbocycles. The highest BCUT2D eigenvalue weighted by molar-refractivity contribution is 5.80. The van der Waals surface area contributed by atoms with Crippen LogP contribution in [0.15, 0.2) is 18.5 Å². The molecule has 2 heterocycles. The van der Waals surface area contributed by atoms with Gasteiger partial charge >= 0.3 is 6.18 Å². The number of ether oxygens (including phenoxy) is 1. The maximum absolute atomic E-state index is 12.1. The molecule has 0 bridgehead atoms. The van der Waals surface area contributed by atoms with E-state index >= 15 is 0 Å². The molecule has 0 unspecified atom stereocenters. The number of carbonyl (C=O) groups is 1. The molecule has 23 heavy (non-hydrogen) atoms. The van der Waals surface area contributed by atoms with Gasteiger partial charge in [0, 0.05) is 31.5 Å². The second kappa shape index (κ2) is 7.58. The molecule has 2 atom stereocenters. The number of nitrogens with zero attached hydrogens (tertiary/aromatic N) is 3. The largest absolute Gasteiger partial charge is 0.411 e. The van der Waals surface area contributed by atoms with Crippen LogP contribution in [0.25, 0.3) is 0 Å². The Morgan fingerprint density at radius 3 is 2.83 bits per heavy atom. The van der Waals surface area contributed by atoms with Crippen molar-refractivity contribution in [1.29, 1.82) is 0 Å². The molecule has 1 aliphatic heterocycles. The fraction of sp³-hybridized carbons (Fsp3) is 0.643. The van der Waals surface area contributed by atoms with Crippen molar-refractivity contribution in [2.75, 3.05) is 24.6 Å². The molecule has 0 spiro atoms. The van der Waals surface area contributed by atoms with E-state index < -0.39 is 24.8 Å². The van der Waals surface area contributed by atoms with Crippen LogP contribution in [-0.4, -0.2) is 53.9 Å². The average molecular weight is 332 g/mol. The van der Waals surface area contributed by atoms with Crippen LogP contribution >= 0.6 is 0 Å². The second-order valence-corrected chi connectivity index (χ2v) is 5.41. The lowest BCUT2D eigenvalue weighted by Crippen LogP contribution is -2.50. The molecule has 1 N–H and O–H groups in total. The summed E-state index contributed by atoms with van der Waals surface area (Å²) in [6.07, 6.45) is -0.738. The molecular formula is C14H19F3N4O2. The molecule has 9 heteroatoms. The quantitative estimate of drug-likeness (QED) is 0.886. The fourth-order valence-electron chi connectivity index (χ4n) is 2.34. The van der Waals surface area contributed by atoms with Crippen molar-refractivity contribution in [3.05, 3.63) is 18.5 Å². The minimum Gasteiger partial charge on any atom is -0.359 e. The molecule has 0 aromatic carbocycles. The summed E-state index contributed by atoms with van der Waals surface area (Å²) >= 11 is 0. The van der Waals surface area contributed by atoms with Crippen molar-refractivity contribution in [3.8, 4) is 0 Å². The smallest absolute Gasteiger partial charge is 0.359 e. The summed E-state index contributed by atoms with van der Waals surface area (Å²) < 4.78 is 40.8. The molecule has 128 valence electrons. The van der Waals surface area contributed by atoms with Gasteiger partial charge in [-0.2, -0.15) is 13.2 Å². The molecule has 2 rings (SSSR count). The Morgan fingerprint density at radius 2 is 2.17 bits per heavy atom. The van der Waals surface area contributed by atoms with E-state index in [1.807, 2.05) is 4.90 Å². The zero-order valence-corrected chi connectivity index (χ0v) is 12.7. The Balaban J connectivity index is 1.83. The third kappa shape index (κ3) is 5.66. The molecule has 1 aromatic heterocycles. The third-order valence-electron chi connectivity index (χ3n) is 3.47. The van der Waals surface area contributed by atoms with Crippen molar-refractivity contribution in [2.45, 2.75) is 38.1 Å². The third-order valence-corrected chi connectivity index (χ3v) is 3.47. The summed E-state index contributed by atoms with van der Waals surface area (Å²) in [6, 6.07) is 1.55. The first-order valence-electron chi connectivity index (χ1n) is 7.36. The Hall–Kier alpha value is -1.90. The average Bonchev–Trinajstić information content (AvgIpc) is 2.53. The van der Waals surface area contributed by atoms with Crippen molar-refractivity contribution in [2.24, 2.45) is 0 Å². The van der Waals surface area contributed by atoms with E-state index in [1.165, 1.54) is 6.92 Å². The molecule has 0 aliphatic carbocycles. The molecule has 1 aromatic rings. The highest BCUT2D eigenvalue weighted by Gasteiger charge is 2.31. The molecule has 1 amide bonds. The SMILES string of the molecule is C[C@H](OCC(F)(F)F)C(=O)N[C@H]1CCCN(c2ncccn2)C1. The summed E-state index contributed by atoms with van der Waals surface area (Å²) in [6.45, 7) is 1.16. The number of carbonyl (C=O) groups excluding carboxylic acids is 1. The van der Waals surface area contributed by atoms with Crippen LogP contribution in [0.4, 0.5) is 19.1 Å². The number of nitrogens with one attached hydrogen (secondary N) is 1. The van der Waals surface area contributed by atoms with Crippen LogP contribution in [0.2, 0.25) is 0 Å². The molecule has 6 nitrogen and oxygen atoms in total. The monoisotopic (exact) mass is 332 g/mol. The van der Waals surface area contributed by atoms with Gasteiger partial charge in [-0.05, 0) is 25.8 Å². The highest BCUT2D eigenvalue weighted by atomic mass is 19.4. The van der Waals surface area contributed by atoms with Gasteiger partial charge in [-0.3, -0.25) is 4.79 Å². The van der Waals surface area contributed by atoms with E-state index in [0.29, 0.717) is 12.5 Å². The molecular weight excluding hydrogens is 313 g/mol. The van der Waals surface area contributed by atoms with E-state index in [4.69, 9.17) is 0 Å². The van der Waals surface area contributed by atoms with Crippen LogP contribution in [-0.2, 0) is 9.53 Å². The lowest BCUT2D eigenvalue weighted by Gasteiger charge is -2.33. The summed E-state index contributed by atoms with van der Waals surface area (Å²) in [5.74, 6) is 0.0305. The summed E-state index contributed by atoms with van der Waals surface area (Å²) in [5, 5.41) is 2.73. The Morgan fingerprint density at radius 1 is 1.48 bits per heavy atom. The Kier molecular flexibility index (Phi) is 5.75. The van der Waals surface area contributed by atoms with Crippen molar-refractivity contribution < 1.29 is 22.7 Å². The number of rotatable bonds is 5. The van der Waals surface area contributed by atoms with E-state index in [-0.39, 0.29) is 6.04 Å². The zero-order chi connectivity index (χ0) is 16.9. The fourth-order valence-corrected chi connectivity index (χ4v) is 2.34. The number of piperidine rings is 1. The number of anilines is 1. The van der Waals surface area contributed by atoms with Gasteiger partial charge in [0.15, 0.2) is 0 Å². The van der Waals surface area contributed by atoms with Crippen LogP contribution < -0.4 is 10.2 Å². The van der Waals surface area contributed by atoms with Crippen LogP contribution in [0, 0.1) is 0 Å². The van der Waals surface area contributed by atoms with Gasteiger partial charge in [-0.15, -0.1) is 0 Å². The first-order valence-corrected chi connectivity index (χ1v) is 7.36. The molecule has 1 aliphatic rings. The number of aromatic nitrogens is 2. The van der Waals surface area contributed by atoms with E-state index in [2.05, 4.69) is 20.0 Å². The maximum Gasteiger partial charge on any atom is 0.411 e. The van der Waals surface area contributed by atoms with Gasteiger partial charge in [0.1, 0.15) is 12.7 Å². The van der Waals surface area contributed by atoms with E-state index in [0.717, 1.165) is 19.4 Å². The maximum atomic E-state index is 12.1. The predicted molar refractivity (Wildman–Crippen MR) is 76.9 cm³/mol. The minimum atomic E-state index is -4.44. The van der Waals surface area contributed by atoms with Crippen molar-refractivity contribution >= 4 is 11.9 Å². The van der Waals surface area contributed by atoms with Gasteiger partial charge in [-0.1, -0.05) is 0 Å². The highest BCUT2D eigenvalue weighted by Crippen LogP contribution is 2.17. The Labute approximate surface area is 132 Å².